The molecule has 0 fully saturated rings. The van der Waals surface area contributed by atoms with Crippen LogP contribution in [0.1, 0.15) is 26.4 Å². The summed E-state index contributed by atoms with van der Waals surface area (Å²) in [5.74, 6) is -0.669. The molecule has 0 atom stereocenters. The molecule has 3 aromatic rings. The van der Waals surface area contributed by atoms with Gasteiger partial charge in [0.05, 0.1) is 16.9 Å². The summed E-state index contributed by atoms with van der Waals surface area (Å²) in [6.45, 7) is 0. The molecule has 0 radical (unpaired) electrons. The third-order valence-electron chi connectivity index (χ3n) is 3.28. The summed E-state index contributed by atoms with van der Waals surface area (Å²) in [4.78, 5) is 31.4. The summed E-state index contributed by atoms with van der Waals surface area (Å²) in [6.07, 6.45) is 4.60. The minimum atomic E-state index is -0.371. The first-order chi connectivity index (χ1) is 11.5. The van der Waals surface area contributed by atoms with E-state index in [-0.39, 0.29) is 22.4 Å². The van der Waals surface area contributed by atoms with Crippen LogP contribution in [0.4, 0.5) is 5.69 Å². The molecule has 7 heteroatoms. The van der Waals surface area contributed by atoms with Crippen molar-refractivity contribution >= 4 is 40.6 Å². The van der Waals surface area contributed by atoms with E-state index < -0.39 is 0 Å². The Hall–Kier alpha value is -2.63. The molecule has 0 saturated carbocycles. The number of rotatable bonds is 4. The fourth-order valence-electron chi connectivity index (χ4n) is 2.12. The number of aromatic nitrogens is 2. The quantitative estimate of drug-likeness (QED) is 0.685. The Labute approximate surface area is 147 Å². The highest BCUT2D eigenvalue weighted by Gasteiger charge is 2.17. The van der Waals surface area contributed by atoms with Gasteiger partial charge in [0.1, 0.15) is 5.69 Å². The highest BCUT2D eigenvalue weighted by Crippen LogP contribution is 2.23. The number of pyridine rings is 1. The van der Waals surface area contributed by atoms with Gasteiger partial charge < -0.3 is 10.3 Å². The number of hydrogen-bond acceptors (Lipinski definition) is 3. The molecule has 24 heavy (non-hydrogen) atoms. The number of carbonyl (C=O) groups is 2. The van der Waals surface area contributed by atoms with Crippen LogP contribution < -0.4 is 5.32 Å². The monoisotopic (exact) mass is 359 g/mol. The van der Waals surface area contributed by atoms with Crippen LogP contribution in [-0.4, -0.2) is 21.7 Å². The minimum Gasteiger partial charge on any atom is -0.356 e. The van der Waals surface area contributed by atoms with Gasteiger partial charge >= 0.3 is 0 Å². The van der Waals surface area contributed by atoms with Crippen LogP contribution in [-0.2, 0) is 0 Å². The molecule has 2 N–H and O–H groups in total. The van der Waals surface area contributed by atoms with E-state index in [0.717, 1.165) is 0 Å². The molecule has 3 rings (SSSR count). The van der Waals surface area contributed by atoms with E-state index in [0.29, 0.717) is 21.8 Å². The Balaban J connectivity index is 1.80. The van der Waals surface area contributed by atoms with Crippen molar-refractivity contribution in [2.75, 3.05) is 5.32 Å². The zero-order chi connectivity index (χ0) is 17.1. The lowest BCUT2D eigenvalue weighted by Gasteiger charge is -2.02. The van der Waals surface area contributed by atoms with Crippen LogP contribution in [0.5, 0.6) is 0 Å². The standard InChI is InChI=1S/C17H11Cl2N3O2/c18-11-3-4-13(14(19)7-11)16(23)10-6-15(21-8-10)17(24)22-12-2-1-5-20-9-12/h1-9,21H,(H,22,24). The van der Waals surface area contributed by atoms with Gasteiger partial charge in [-0.2, -0.15) is 0 Å². The number of carbonyl (C=O) groups excluding carboxylic acids is 2. The van der Waals surface area contributed by atoms with Gasteiger partial charge in [-0.3, -0.25) is 14.6 Å². The Bertz CT molecular complexity index is 907. The first kappa shape index (κ1) is 16.2. The molecule has 1 aromatic carbocycles. The van der Waals surface area contributed by atoms with Crippen LogP contribution in [0.15, 0.2) is 55.0 Å². The lowest BCUT2D eigenvalue weighted by Crippen LogP contribution is -2.12. The maximum Gasteiger partial charge on any atom is 0.272 e. The Morgan fingerprint density at radius 2 is 1.96 bits per heavy atom. The van der Waals surface area contributed by atoms with E-state index in [1.165, 1.54) is 24.5 Å². The lowest BCUT2D eigenvalue weighted by molar-refractivity contribution is 0.102. The molecule has 0 saturated heterocycles. The predicted molar refractivity (Wildman–Crippen MR) is 92.9 cm³/mol. The zero-order valence-electron chi connectivity index (χ0n) is 12.2. The molecule has 0 unspecified atom stereocenters. The van der Waals surface area contributed by atoms with Gasteiger partial charge in [-0.25, -0.2) is 0 Å². The average molecular weight is 360 g/mol. The van der Waals surface area contributed by atoms with Crippen molar-refractivity contribution in [2.45, 2.75) is 0 Å². The fourth-order valence-corrected chi connectivity index (χ4v) is 2.62. The lowest BCUT2D eigenvalue weighted by atomic mass is 10.1. The first-order valence-corrected chi connectivity index (χ1v) is 7.70. The molecule has 0 aliphatic heterocycles. The number of ketones is 1. The average Bonchev–Trinajstić information content (AvgIpc) is 3.05. The molecule has 2 heterocycles. The molecular formula is C17H11Cl2N3O2. The molecule has 0 bridgehead atoms. The minimum absolute atomic E-state index is 0.257. The molecule has 2 aromatic heterocycles. The van der Waals surface area contributed by atoms with Crippen molar-refractivity contribution < 1.29 is 9.59 Å². The number of H-pyrrole nitrogens is 1. The van der Waals surface area contributed by atoms with Crippen molar-refractivity contribution in [3.8, 4) is 0 Å². The topological polar surface area (TPSA) is 74.8 Å². The molecule has 0 spiro atoms. The summed E-state index contributed by atoms with van der Waals surface area (Å²) in [6, 6.07) is 9.53. The zero-order valence-corrected chi connectivity index (χ0v) is 13.7. The van der Waals surface area contributed by atoms with Gasteiger partial charge in [0.15, 0.2) is 5.78 Å². The highest BCUT2D eigenvalue weighted by atomic mass is 35.5. The second-order valence-electron chi connectivity index (χ2n) is 4.95. The van der Waals surface area contributed by atoms with E-state index in [4.69, 9.17) is 23.2 Å². The van der Waals surface area contributed by atoms with E-state index in [9.17, 15) is 9.59 Å². The SMILES string of the molecule is O=C(Nc1cccnc1)c1cc(C(=O)c2ccc(Cl)cc2Cl)c[nH]1. The number of amides is 1. The fraction of sp³-hybridized carbons (Fsp3) is 0. The van der Waals surface area contributed by atoms with Gasteiger partial charge in [-0.1, -0.05) is 23.2 Å². The number of nitrogens with one attached hydrogen (secondary N) is 2. The van der Waals surface area contributed by atoms with Crippen molar-refractivity contribution in [3.05, 3.63) is 81.9 Å². The maximum atomic E-state index is 12.5. The normalized spacial score (nSPS) is 10.4. The van der Waals surface area contributed by atoms with Crippen LogP contribution in [0.3, 0.4) is 0 Å². The van der Waals surface area contributed by atoms with E-state index in [1.807, 2.05) is 0 Å². The Kier molecular flexibility index (Phi) is 4.64. The highest BCUT2D eigenvalue weighted by molar-refractivity contribution is 6.37. The summed E-state index contributed by atoms with van der Waals surface area (Å²) >= 11 is 11.9. The first-order valence-electron chi connectivity index (χ1n) is 6.94. The number of hydrogen-bond donors (Lipinski definition) is 2. The Morgan fingerprint density at radius 3 is 2.67 bits per heavy atom. The van der Waals surface area contributed by atoms with E-state index in [1.54, 1.807) is 30.5 Å². The maximum absolute atomic E-state index is 12.5. The molecule has 0 aliphatic carbocycles. The third-order valence-corrected chi connectivity index (χ3v) is 3.83. The number of nitrogens with zero attached hydrogens (tertiary/aromatic N) is 1. The van der Waals surface area contributed by atoms with Crippen LogP contribution in [0.25, 0.3) is 0 Å². The van der Waals surface area contributed by atoms with Gasteiger partial charge in [0.2, 0.25) is 0 Å². The smallest absolute Gasteiger partial charge is 0.272 e. The van der Waals surface area contributed by atoms with Crippen molar-refractivity contribution in [1.82, 2.24) is 9.97 Å². The van der Waals surface area contributed by atoms with Gasteiger partial charge in [0, 0.05) is 28.5 Å². The summed E-state index contributed by atoms with van der Waals surface area (Å²) in [5.41, 5.74) is 1.47. The van der Waals surface area contributed by atoms with Crippen molar-refractivity contribution in [3.63, 3.8) is 0 Å². The second-order valence-corrected chi connectivity index (χ2v) is 5.79. The van der Waals surface area contributed by atoms with E-state index >= 15 is 0 Å². The predicted octanol–water partition coefficient (Wildman–Crippen LogP) is 4.20. The van der Waals surface area contributed by atoms with E-state index in [2.05, 4.69) is 15.3 Å². The van der Waals surface area contributed by atoms with Crippen LogP contribution >= 0.6 is 23.2 Å². The van der Waals surface area contributed by atoms with Crippen molar-refractivity contribution in [1.29, 1.82) is 0 Å². The van der Waals surface area contributed by atoms with Crippen LogP contribution in [0.2, 0.25) is 10.0 Å². The van der Waals surface area contributed by atoms with Crippen LogP contribution in [0, 0.1) is 0 Å². The molecule has 1 amide bonds. The summed E-state index contributed by atoms with van der Waals surface area (Å²) < 4.78 is 0. The number of halogens is 2. The van der Waals surface area contributed by atoms with Crippen molar-refractivity contribution in [2.24, 2.45) is 0 Å². The number of benzene rings is 1. The van der Waals surface area contributed by atoms with Gasteiger partial charge in [-0.05, 0) is 36.4 Å². The molecule has 120 valence electrons. The largest absolute Gasteiger partial charge is 0.356 e. The van der Waals surface area contributed by atoms with Gasteiger partial charge in [-0.15, -0.1) is 0 Å². The molecular weight excluding hydrogens is 349 g/mol. The summed E-state index contributed by atoms with van der Waals surface area (Å²) in [7, 11) is 0. The number of aromatic amines is 1. The summed E-state index contributed by atoms with van der Waals surface area (Å²) in [5, 5.41) is 3.39. The molecule has 0 aliphatic rings. The molecule has 5 nitrogen and oxygen atoms in total. The third kappa shape index (κ3) is 3.48. The Morgan fingerprint density at radius 1 is 1.12 bits per heavy atom. The second kappa shape index (κ2) is 6.86. The number of anilines is 1. The van der Waals surface area contributed by atoms with Gasteiger partial charge in [0.25, 0.3) is 5.91 Å².